The fourth-order valence-electron chi connectivity index (χ4n) is 0.227. The lowest BCUT2D eigenvalue weighted by Crippen LogP contribution is -2.34. The molecule has 0 fully saturated rings. The summed E-state index contributed by atoms with van der Waals surface area (Å²) in [6, 6.07) is 0. The predicted octanol–water partition coefficient (Wildman–Crippen LogP) is -0.0317. The second-order valence-corrected chi connectivity index (χ2v) is 1.58. The summed E-state index contributed by atoms with van der Waals surface area (Å²) >= 11 is 0. The van der Waals surface area contributed by atoms with Crippen molar-refractivity contribution in [1.82, 2.24) is 0 Å². The molecule has 0 aliphatic heterocycles. The second-order valence-electron chi connectivity index (χ2n) is 1.58. The quantitative estimate of drug-likeness (QED) is 0.627. The number of aliphatic hydroxyl groups is 1. The van der Waals surface area contributed by atoms with Crippen molar-refractivity contribution in [2.45, 2.75) is 12.5 Å². The first-order chi connectivity index (χ1) is 4.86. The van der Waals surface area contributed by atoms with Crippen LogP contribution in [0, 0.1) is 0 Å². The first-order valence-electron chi connectivity index (χ1n) is 2.42. The average Bonchev–Trinajstić information content (AvgIpc) is 1.84. The summed E-state index contributed by atoms with van der Waals surface area (Å²) in [4.78, 5) is 9.61. The number of halogens is 3. The van der Waals surface area contributed by atoms with Gasteiger partial charge in [0.1, 0.15) is 0 Å². The zero-order chi connectivity index (χ0) is 9.07. The van der Waals surface area contributed by atoms with Crippen LogP contribution in [-0.2, 0) is 9.53 Å². The average molecular weight is 174 g/mol. The summed E-state index contributed by atoms with van der Waals surface area (Å²) in [7, 11) is 0. The minimum absolute atomic E-state index is 1.37. The molecule has 0 saturated heterocycles. The van der Waals surface area contributed by atoms with E-state index in [-0.39, 0.29) is 0 Å². The Kier molecular flexibility index (Phi) is 3.27. The largest absolute Gasteiger partial charge is 0.480 e. The molecule has 0 radical (unpaired) electrons. The highest BCUT2D eigenvalue weighted by Crippen LogP contribution is 2.20. The van der Waals surface area contributed by atoms with Gasteiger partial charge in [-0.3, -0.25) is 0 Å². The zero-order valence-corrected chi connectivity index (χ0v) is 5.13. The standard InChI is InChI=1S/C4H5F3O4/c5-3(10)4(6,7)11-1-2(8)9/h3,10H,1H2,(H,8,9). The Morgan fingerprint density at radius 2 is 2.09 bits per heavy atom. The van der Waals surface area contributed by atoms with Gasteiger partial charge in [-0.1, -0.05) is 0 Å². The Bertz CT molecular complexity index is 146. The molecule has 0 amide bonds. The maximum absolute atomic E-state index is 11.8. The number of rotatable bonds is 4. The van der Waals surface area contributed by atoms with Crippen molar-refractivity contribution in [2.75, 3.05) is 6.61 Å². The van der Waals surface area contributed by atoms with Gasteiger partial charge in [-0.05, 0) is 0 Å². The molecule has 0 bridgehead atoms. The topological polar surface area (TPSA) is 66.8 Å². The number of aliphatic hydroxyl groups excluding tert-OH is 1. The lowest BCUT2D eigenvalue weighted by Gasteiger charge is -2.14. The van der Waals surface area contributed by atoms with Crippen molar-refractivity contribution in [3.8, 4) is 0 Å². The van der Waals surface area contributed by atoms with Gasteiger partial charge in [-0.2, -0.15) is 8.78 Å². The summed E-state index contributed by atoms with van der Waals surface area (Å²) in [6.07, 6.45) is -7.97. The fourth-order valence-corrected chi connectivity index (χ4v) is 0.227. The highest BCUT2D eigenvalue weighted by atomic mass is 19.3. The molecule has 66 valence electrons. The SMILES string of the molecule is O=C(O)COC(F)(F)C(O)F. The van der Waals surface area contributed by atoms with Gasteiger partial charge in [-0.15, -0.1) is 0 Å². The lowest BCUT2D eigenvalue weighted by molar-refractivity contribution is -0.317. The van der Waals surface area contributed by atoms with Crippen LogP contribution in [0.5, 0.6) is 0 Å². The molecule has 0 saturated carbocycles. The summed E-state index contributed by atoms with van der Waals surface area (Å²) in [5, 5.41) is 15.5. The summed E-state index contributed by atoms with van der Waals surface area (Å²) in [5.41, 5.74) is 0. The van der Waals surface area contributed by atoms with Crippen LogP contribution in [0.1, 0.15) is 0 Å². The molecular formula is C4H5F3O4. The number of ether oxygens (including phenoxy) is 1. The third-order valence-corrected chi connectivity index (χ3v) is 0.665. The Labute approximate surface area is 59.2 Å². The van der Waals surface area contributed by atoms with Gasteiger partial charge in [0.15, 0.2) is 6.61 Å². The number of carboxylic acid groups (broad SMARTS) is 1. The molecule has 0 aromatic heterocycles. The van der Waals surface area contributed by atoms with Crippen LogP contribution in [0.4, 0.5) is 13.2 Å². The molecule has 0 spiro atoms. The molecule has 0 aromatic carbocycles. The first-order valence-corrected chi connectivity index (χ1v) is 2.42. The molecule has 0 rings (SSSR count). The highest BCUT2D eigenvalue weighted by molar-refractivity contribution is 5.68. The lowest BCUT2D eigenvalue weighted by atomic mass is 10.6. The zero-order valence-electron chi connectivity index (χ0n) is 5.13. The molecule has 11 heavy (non-hydrogen) atoms. The molecule has 1 unspecified atom stereocenters. The van der Waals surface area contributed by atoms with Crippen LogP contribution in [0.2, 0.25) is 0 Å². The van der Waals surface area contributed by atoms with Gasteiger partial charge in [0.25, 0.3) is 6.36 Å². The first kappa shape index (κ1) is 10.2. The number of alkyl halides is 3. The molecule has 0 heterocycles. The molecular weight excluding hydrogens is 169 g/mol. The van der Waals surface area contributed by atoms with E-state index in [1.807, 2.05) is 0 Å². The molecule has 2 N–H and O–H groups in total. The van der Waals surface area contributed by atoms with E-state index in [4.69, 9.17) is 10.2 Å². The second kappa shape index (κ2) is 3.54. The van der Waals surface area contributed by atoms with E-state index in [0.29, 0.717) is 0 Å². The highest BCUT2D eigenvalue weighted by Gasteiger charge is 2.41. The van der Waals surface area contributed by atoms with Crippen molar-refractivity contribution in [1.29, 1.82) is 0 Å². The Balaban J connectivity index is 3.82. The van der Waals surface area contributed by atoms with Crippen LogP contribution in [0.25, 0.3) is 0 Å². The van der Waals surface area contributed by atoms with Gasteiger partial charge in [0, 0.05) is 0 Å². The van der Waals surface area contributed by atoms with Crippen LogP contribution in [0.3, 0.4) is 0 Å². The van der Waals surface area contributed by atoms with Gasteiger partial charge in [0.2, 0.25) is 0 Å². The number of carboxylic acids is 1. The van der Waals surface area contributed by atoms with Gasteiger partial charge < -0.3 is 14.9 Å². The Hall–Kier alpha value is -0.820. The van der Waals surface area contributed by atoms with Crippen molar-refractivity contribution in [3.05, 3.63) is 0 Å². The van der Waals surface area contributed by atoms with Crippen molar-refractivity contribution in [2.24, 2.45) is 0 Å². The summed E-state index contributed by atoms with van der Waals surface area (Å²) < 4.78 is 38.2. The van der Waals surface area contributed by atoms with E-state index in [1.165, 1.54) is 0 Å². The van der Waals surface area contributed by atoms with E-state index in [2.05, 4.69) is 4.74 Å². The molecule has 4 nitrogen and oxygen atoms in total. The Morgan fingerprint density at radius 1 is 1.64 bits per heavy atom. The minimum atomic E-state index is -4.46. The van der Waals surface area contributed by atoms with Crippen molar-refractivity contribution in [3.63, 3.8) is 0 Å². The summed E-state index contributed by atoms with van der Waals surface area (Å²) in [5.74, 6) is -1.68. The third kappa shape index (κ3) is 3.79. The van der Waals surface area contributed by atoms with E-state index < -0.39 is 25.0 Å². The van der Waals surface area contributed by atoms with Crippen LogP contribution in [-0.4, -0.2) is 35.3 Å². The maximum Gasteiger partial charge on any atom is 0.412 e. The minimum Gasteiger partial charge on any atom is -0.480 e. The number of hydrogen-bond acceptors (Lipinski definition) is 3. The van der Waals surface area contributed by atoms with Crippen LogP contribution >= 0.6 is 0 Å². The monoisotopic (exact) mass is 174 g/mol. The summed E-state index contributed by atoms with van der Waals surface area (Å²) in [6.45, 7) is -1.37. The Morgan fingerprint density at radius 3 is 2.36 bits per heavy atom. The van der Waals surface area contributed by atoms with E-state index in [0.717, 1.165) is 0 Å². The van der Waals surface area contributed by atoms with E-state index in [9.17, 15) is 18.0 Å². The molecule has 0 aliphatic rings. The number of aliphatic carboxylic acids is 1. The smallest absolute Gasteiger partial charge is 0.412 e. The van der Waals surface area contributed by atoms with Gasteiger partial charge >= 0.3 is 12.1 Å². The normalized spacial score (nSPS) is 14.5. The molecule has 0 aliphatic carbocycles. The van der Waals surface area contributed by atoms with E-state index >= 15 is 0 Å². The van der Waals surface area contributed by atoms with Crippen LogP contribution < -0.4 is 0 Å². The molecule has 0 aromatic rings. The van der Waals surface area contributed by atoms with Crippen molar-refractivity contribution >= 4 is 5.97 Å². The fraction of sp³-hybridized carbons (Fsp3) is 0.750. The van der Waals surface area contributed by atoms with Gasteiger partial charge in [-0.25, -0.2) is 9.18 Å². The van der Waals surface area contributed by atoms with Gasteiger partial charge in [0.05, 0.1) is 0 Å². The van der Waals surface area contributed by atoms with Crippen LogP contribution in [0.15, 0.2) is 0 Å². The molecule has 7 heteroatoms. The van der Waals surface area contributed by atoms with E-state index in [1.54, 1.807) is 0 Å². The number of hydrogen-bond donors (Lipinski definition) is 2. The third-order valence-electron chi connectivity index (χ3n) is 0.665. The number of carbonyl (C=O) groups is 1. The predicted molar refractivity (Wildman–Crippen MR) is 25.6 cm³/mol. The molecule has 1 atom stereocenters. The maximum atomic E-state index is 11.8. The van der Waals surface area contributed by atoms with Crippen molar-refractivity contribution < 1.29 is 32.9 Å².